The summed E-state index contributed by atoms with van der Waals surface area (Å²) < 4.78 is 4.60. The van der Waals surface area contributed by atoms with Gasteiger partial charge in [-0.25, -0.2) is 9.78 Å². The molecule has 0 saturated carbocycles. The van der Waals surface area contributed by atoms with E-state index in [2.05, 4.69) is 14.7 Å². The molecule has 6 heteroatoms. The summed E-state index contributed by atoms with van der Waals surface area (Å²) in [5.74, 6) is 0.0871. The number of benzene rings is 1. The second kappa shape index (κ2) is 4.96. The molecule has 0 radical (unpaired) electrons. The van der Waals surface area contributed by atoms with Gasteiger partial charge in [0.25, 0.3) is 0 Å². The third-order valence-electron chi connectivity index (χ3n) is 2.10. The number of ether oxygens (including phenoxy) is 1. The van der Waals surface area contributed by atoms with Crippen molar-refractivity contribution in [1.82, 2.24) is 9.97 Å². The van der Waals surface area contributed by atoms with E-state index in [-0.39, 0.29) is 19.0 Å². The first-order chi connectivity index (χ1) is 7.24. The standard InChI is InChI=1S/C10H10N2O3.ClH/c1-15-10(14)6-2-3-7-8(4-6)12-9(5-13)11-7;/h2-4,13H,5H2,1H3,(H,11,12);1H. The Balaban J connectivity index is 0.00000128. The Hall–Kier alpha value is -1.59. The molecule has 5 nitrogen and oxygen atoms in total. The monoisotopic (exact) mass is 242 g/mol. The number of aliphatic hydroxyl groups excluding tert-OH is 1. The fraction of sp³-hybridized carbons (Fsp3) is 0.200. The van der Waals surface area contributed by atoms with Crippen LogP contribution in [0.2, 0.25) is 0 Å². The van der Waals surface area contributed by atoms with Crippen LogP contribution in [0.25, 0.3) is 11.0 Å². The molecule has 0 spiro atoms. The lowest BCUT2D eigenvalue weighted by Crippen LogP contribution is -2.00. The minimum atomic E-state index is -0.392. The van der Waals surface area contributed by atoms with E-state index in [4.69, 9.17) is 5.11 Å². The van der Waals surface area contributed by atoms with Gasteiger partial charge in [0.05, 0.1) is 23.7 Å². The Morgan fingerprint density at radius 3 is 2.94 bits per heavy atom. The van der Waals surface area contributed by atoms with Gasteiger partial charge in [-0.3, -0.25) is 0 Å². The molecule has 0 unspecified atom stereocenters. The van der Waals surface area contributed by atoms with Crippen molar-refractivity contribution in [1.29, 1.82) is 0 Å². The molecule has 1 heterocycles. The molecular formula is C10H11ClN2O3. The Morgan fingerprint density at radius 2 is 2.31 bits per heavy atom. The van der Waals surface area contributed by atoms with Crippen LogP contribution in [0.15, 0.2) is 18.2 Å². The quantitative estimate of drug-likeness (QED) is 0.778. The van der Waals surface area contributed by atoms with Crippen molar-refractivity contribution >= 4 is 29.4 Å². The predicted molar refractivity (Wildman–Crippen MR) is 60.6 cm³/mol. The van der Waals surface area contributed by atoms with E-state index in [1.807, 2.05) is 0 Å². The molecule has 0 aliphatic heterocycles. The summed E-state index contributed by atoms with van der Waals surface area (Å²) in [6.07, 6.45) is 0. The van der Waals surface area contributed by atoms with Gasteiger partial charge < -0.3 is 14.8 Å². The molecule has 1 aromatic carbocycles. The molecule has 2 N–H and O–H groups in total. The molecule has 0 amide bonds. The lowest BCUT2D eigenvalue weighted by Gasteiger charge is -1.97. The van der Waals surface area contributed by atoms with Crippen molar-refractivity contribution in [3.05, 3.63) is 29.6 Å². The number of carbonyl (C=O) groups excluding carboxylic acids is 1. The summed E-state index contributed by atoms with van der Waals surface area (Å²) in [6.45, 7) is -0.151. The molecule has 0 bridgehead atoms. The summed E-state index contributed by atoms with van der Waals surface area (Å²) in [5, 5.41) is 8.88. The van der Waals surface area contributed by atoms with Crippen LogP contribution < -0.4 is 0 Å². The van der Waals surface area contributed by atoms with Gasteiger partial charge in [0, 0.05) is 0 Å². The van der Waals surface area contributed by atoms with E-state index in [9.17, 15) is 4.79 Å². The number of fused-ring (bicyclic) bond motifs is 1. The third kappa shape index (κ3) is 2.15. The maximum absolute atomic E-state index is 11.2. The number of aromatic amines is 1. The van der Waals surface area contributed by atoms with Crippen molar-refractivity contribution in [3.8, 4) is 0 Å². The molecule has 86 valence electrons. The summed E-state index contributed by atoms with van der Waals surface area (Å²) in [4.78, 5) is 18.2. The second-order valence-electron chi connectivity index (χ2n) is 3.07. The summed E-state index contributed by atoms with van der Waals surface area (Å²) in [7, 11) is 1.33. The zero-order valence-corrected chi connectivity index (χ0v) is 9.37. The maximum Gasteiger partial charge on any atom is 0.337 e. The first-order valence-corrected chi connectivity index (χ1v) is 4.42. The van der Waals surface area contributed by atoms with Crippen LogP contribution in [0, 0.1) is 0 Å². The number of hydrogen-bond donors (Lipinski definition) is 2. The lowest BCUT2D eigenvalue weighted by molar-refractivity contribution is 0.0601. The highest BCUT2D eigenvalue weighted by atomic mass is 35.5. The Bertz CT molecular complexity index is 510. The molecule has 0 atom stereocenters. The van der Waals surface area contributed by atoms with Crippen molar-refractivity contribution in [2.24, 2.45) is 0 Å². The number of rotatable bonds is 2. The largest absolute Gasteiger partial charge is 0.465 e. The number of halogens is 1. The molecule has 0 saturated heterocycles. The summed E-state index contributed by atoms with van der Waals surface area (Å²) >= 11 is 0. The number of aliphatic hydroxyl groups is 1. The normalized spacial score (nSPS) is 9.88. The lowest BCUT2D eigenvalue weighted by atomic mass is 10.2. The molecule has 2 aromatic rings. The van der Waals surface area contributed by atoms with E-state index in [1.54, 1.807) is 18.2 Å². The summed E-state index contributed by atoms with van der Waals surface area (Å²) in [6, 6.07) is 4.99. The number of H-pyrrole nitrogens is 1. The van der Waals surface area contributed by atoms with Crippen LogP contribution in [0.3, 0.4) is 0 Å². The smallest absolute Gasteiger partial charge is 0.337 e. The molecule has 16 heavy (non-hydrogen) atoms. The van der Waals surface area contributed by atoms with Crippen molar-refractivity contribution < 1.29 is 14.6 Å². The van der Waals surface area contributed by atoms with Crippen LogP contribution in [-0.2, 0) is 11.3 Å². The van der Waals surface area contributed by atoms with Gasteiger partial charge in [-0.05, 0) is 18.2 Å². The zero-order valence-electron chi connectivity index (χ0n) is 8.56. The van der Waals surface area contributed by atoms with Crippen LogP contribution in [0.1, 0.15) is 16.2 Å². The predicted octanol–water partition coefficient (Wildman–Crippen LogP) is 1.26. The minimum absolute atomic E-state index is 0. The highest BCUT2D eigenvalue weighted by molar-refractivity contribution is 5.93. The first-order valence-electron chi connectivity index (χ1n) is 4.42. The molecular weight excluding hydrogens is 232 g/mol. The van der Waals surface area contributed by atoms with E-state index in [0.29, 0.717) is 22.4 Å². The average Bonchev–Trinajstić information content (AvgIpc) is 2.69. The number of carbonyl (C=O) groups is 1. The number of methoxy groups -OCH3 is 1. The van der Waals surface area contributed by atoms with Crippen LogP contribution >= 0.6 is 12.4 Å². The van der Waals surface area contributed by atoms with Gasteiger partial charge in [0.2, 0.25) is 0 Å². The van der Waals surface area contributed by atoms with Gasteiger partial charge >= 0.3 is 5.97 Å². The number of aromatic nitrogens is 2. The first kappa shape index (κ1) is 12.5. The number of nitrogens with one attached hydrogen (secondary N) is 1. The van der Waals surface area contributed by atoms with Crippen LogP contribution in [0.4, 0.5) is 0 Å². The van der Waals surface area contributed by atoms with E-state index < -0.39 is 5.97 Å². The van der Waals surface area contributed by atoms with Gasteiger partial charge in [0.15, 0.2) is 0 Å². The van der Waals surface area contributed by atoms with E-state index in [1.165, 1.54) is 7.11 Å². The average molecular weight is 243 g/mol. The molecule has 2 rings (SSSR count). The summed E-state index contributed by atoms with van der Waals surface area (Å²) in [5.41, 5.74) is 1.88. The zero-order chi connectivity index (χ0) is 10.8. The Kier molecular flexibility index (Phi) is 3.87. The SMILES string of the molecule is COC(=O)c1ccc2nc(CO)[nH]c2c1.Cl. The van der Waals surface area contributed by atoms with Crippen molar-refractivity contribution in [2.45, 2.75) is 6.61 Å². The molecule has 1 aromatic heterocycles. The number of imidazole rings is 1. The number of hydrogen-bond acceptors (Lipinski definition) is 4. The third-order valence-corrected chi connectivity index (χ3v) is 2.10. The van der Waals surface area contributed by atoms with Crippen molar-refractivity contribution in [2.75, 3.05) is 7.11 Å². The van der Waals surface area contributed by atoms with E-state index in [0.717, 1.165) is 0 Å². The van der Waals surface area contributed by atoms with Gasteiger partial charge in [-0.15, -0.1) is 12.4 Å². The van der Waals surface area contributed by atoms with Crippen LogP contribution in [0.5, 0.6) is 0 Å². The second-order valence-corrected chi connectivity index (χ2v) is 3.07. The number of nitrogens with zero attached hydrogens (tertiary/aromatic N) is 1. The van der Waals surface area contributed by atoms with Gasteiger partial charge in [-0.1, -0.05) is 0 Å². The van der Waals surface area contributed by atoms with E-state index >= 15 is 0 Å². The Labute approximate surface area is 97.9 Å². The topological polar surface area (TPSA) is 75.2 Å². The molecule has 0 aliphatic rings. The Morgan fingerprint density at radius 1 is 1.56 bits per heavy atom. The minimum Gasteiger partial charge on any atom is -0.465 e. The molecule has 0 aliphatic carbocycles. The fourth-order valence-electron chi connectivity index (χ4n) is 1.38. The van der Waals surface area contributed by atoms with Crippen molar-refractivity contribution in [3.63, 3.8) is 0 Å². The fourth-order valence-corrected chi connectivity index (χ4v) is 1.38. The highest BCUT2D eigenvalue weighted by Crippen LogP contribution is 2.14. The number of esters is 1. The van der Waals surface area contributed by atoms with Gasteiger partial charge in [-0.2, -0.15) is 0 Å². The van der Waals surface area contributed by atoms with Gasteiger partial charge in [0.1, 0.15) is 12.4 Å². The maximum atomic E-state index is 11.2. The highest BCUT2D eigenvalue weighted by Gasteiger charge is 2.08. The molecule has 0 fully saturated rings. The van der Waals surface area contributed by atoms with Crippen LogP contribution in [-0.4, -0.2) is 28.2 Å².